The third kappa shape index (κ3) is 5.04. The fourth-order valence-electron chi connectivity index (χ4n) is 2.17. The Morgan fingerprint density at radius 2 is 2.15 bits per heavy atom. The van der Waals surface area contributed by atoms with Gasteiger partial charge in [0.05, 0.1) is 19.1 Å². The molecule has 0 aromatic carbocycles. The van der Waals surface area contributed by atoms with Crippen LogP contribution in [0, 0.1) is 0 Å². The van der Waals surface area contributed by atoms with Gasteiger partial charge in [-0.3, -0.25) is 9.59 Å². The van der Waals surface area contributed by atoms with Gasteiger partial charge in [0.1, 0.15) is 0 Å². The smallest absolute Gasteiger partial charge is 0.407 e. The summed E-state index contributed by atoms with van der Waals surface area (Å²) in [6.45, 7) is 2.94. The van der Waals surface area contributed by atoms with E-state index in [1.165, 1.54) is 0 Å². The molecule has 114 valence electrons. The summed E-state index contributed by atoms with van der Waals surface area (Å²) in [5.74, 6) is -0.928. The fourth-order valence-corrected chi connectivity index (χ4v) is 2.17. The van der Waals surface area contributed by atoms with Gasteiger partial charge < -0.3 is 26.4 Å². The highest BCUT2D eigenvalue weighted by molar-refractivity contribution is 5.87. The topological polar surface area (TPSA) is 128 Å². The summed E-state index contributed by atoms with van der Waals surface area (Å²) in [5.41, 5.74) is 10.7. The van der Waals surface area contributed by atoms with Crippen molar-refractivity contribution >= 4 is 17.9 Å². The first-order valence-corrected chi connectivity index (χ1v) is 6.70. The average molecular weight is 286 g/mol. The molecule has 0 aromatic heterocycles. The summed E-state index contributed by atoms with van der Waals surface area (Å²) in [7, 11) is 0. The molecule has 1 aliphatic rings. The van der Waals surface area contributed by atoms with Crippen LogP contribution in [0.25, 0.3) is 0 Å². The SMILES string of the molecule is CCOC(=O)NC1CCCN(C(=O)C(N)CC(N)=O)C1. The van der Waals surface area contributed by atoms with E-state index in [0.29, 0.717) is 19.7 Å². The van der Waals surface area contributed by atoms with Gasteiger partial charge in [0.2, 0.25) is 11.8 Å². The molecule has 0 aromatic rings. The van der Waals surface area contributed by atoms with Crippen LogP contribution in [0.3, 0.4) is 0 Å². The lowest BCUT2D eigenvalue weighted by Crippen LogP contribution is -2.54. The van der Waals surface area contributed by atoms with Gasteiger partial charge in [-0.1, -0.05) is 0 Å². The monoisotopic (exact) mass is 286 g/mol. The molecule has 1 heterocycles. The number of amides is 3. The Bertz CT molecular complexity index is 374. The standard InChI is InChI=1S/C12H22N4O4/c1-2-20-12(19)15-8-4-3-5-16(7-8)11(18)9(13)6-10(14)17/h8-9H,2-7,13H2,1H3,(H2,14,17)(H,15,19). The molecule has 0 bridgehead atoms. The lowest BCUT2D eigenvalue weighted by Gasteiger charge is -2.34. The highest BCUT2D eigenvalue weighted by Gasteiger charge is 2.28. The Kier molecular flexibility index (Phi) is 6.23. The summed E-state index contributed by atoms with van der Waals surface area (Å²) in [6.07, 6.45) is 0.860. The van der Waals surface area contributed by atoms with Gasteiger partial charge in [0.25, 0.3) is 0 Å². The summed E-state index contributed by atoms with van der Waals surface area (Å²) in [6, 6.07) is -1.08. The minimum atomic E-state index is -0.922. The molecular formula is C12H22N4O4. The fraction of sp³-hybridized carbons (Fsp3) is 0.750. The lowest BCUT2D eigenvalue weighted by molar-refractivity contribution is -0.135. The zero-order valence-electron chi connectivity index (χ0n) is 11.6. The Morgan fingerprint density at radius 1 is 1.45 bits per heavy atom. The van der Waals surface area contributed by atoms with E-state index in [1.54, 1.807) is 11.8 Å². The molecule has 5 N–H and O–H groups in total. The van der Waals surface area contributed by atoms with Crippen LogP contribution >= 0.6 is 0 Å². The van der Waals surface area contributed by atoms with E-state index in [1.807, 2.05) is 0 Å². The maximum atomic E-state index is 12.0. The second kappa shape index (κ2) is 7.68. The third-order valence-corrected chi connectivity index (χ3v) is 3.07. The molecule has 0 saturated carbocycles. The quantitative estimate of drug-likeness (QED) is 0.592. The number of nitrogens with one attached hydrogen (secondary N) is 1. The number of piperidine rings is 1. The lowest BCUT2D eigenvalue weighted by atomic mass is 10.0. The van der Waals surface area contributed by atoms with Gasteiger partial charge in [0.15, 0.2) is 0 Å². The van der Waals surface area contributed by atoms with Crippen molar-refractivity contribution in [3.63, 3.8) is 0 Å². The van der Waals surface area contributed by atoms with Crippen molar-refractivity contribution in [2.45, 2.75) is 38.3 Å². The number of carbonyl (C=O) groups excluding carboxylic acids is 3. The maximum absolute atomic E-state index is 12.0. The predicted molar refractivity (Wildman–Crippen MR) is 71.5 cm³/mol. The number of nitrogens with zero attached hydrogens (tertiary/aromatic N) is 1. The van der Waals surface area contributed by atoms with Crippen LogP contribution in [-0.2, 0) is 14.3 Å². The number of alkyl carbamates (subject to hydrolysis) is 1. The Balaban J connectivity index is 2.49. The number of primary amides is 1. The van der Waals surface area contributed by atoms with Crippen LogP contribution in [0.2, 0.25) is 0 Å². The molecule has 1 fully saturated rings. The second-order valence-electron chi connectivity index (χ2n) is 4.77. The van der Waals surface area contributed by atoms with Crippen LogP contribution in [0.5, 0.6) is 0 Å². The van der Waals surface area contributed by atoms with E-state index in [4.69, 9.17) is 16.2 Å². The number of hydrogen-bond donors (Lipinski definition) is 3. The summed E-state index contributed by atoms with van der Waals surface area (Å²) >= 11 is 0. The highest BCUT2D eigenvalue weighted by atomic mass is 16.5. The van der Waals surface area contributed by atoms with Crippen LogP contribution < -0.4 is 16.8 Å². The van der Waals surface area contributed by atoms with Crippen molar-refractivity contribution in [3.8, 4) is 0 Å². The van der Waals surface area contributed by atoms with E-state index < -0.39 is 18.0 Å². The predicted octanol–water partition coefficient (Wildman–Crippen LogP) is -1.07. The number of carbonyl (C=O) groups is 3. The van der Waals surface area contributed by atoms with Crippen molar-refractivity contribution in [2.24, 2.45) is 11.5 Å². The van der Waals surface area contributed by atoms with Gasteiger partial charge in [-0.25, -0.2) is 4.79 Å². The summed E-state index contributed by atoms with van der Waals surface area (Å²) in [5, 5.41) is 2.70. The Labute approximate surface area is 117 Å². The van der Waals surface area contributed by atoms with E-state index in [-0.39, 0.29) is 18.4 Å². The molecule has 1 rings (SSSR count). The normalized spacial score (nSPS) is 20.1. The summed E-state index contributed by atoms with van der Waals surface area (Å²) < 4.78 is 4.80. The van der Waals surface area contributed by atoms with Crippen molar-refractivity contribution in [1.82, 2.24) is 10.2 Å². The van der Waals surface area contributed by atoms with E-state index in [0.717, 1.165) is 12.8 Å². The van der Waals surface area contributed by atoms with Crippen LogP contribution in [0.1, 0.15) is 26.2 Å². The molecule has 2 atom stereocenters. The second-order valence-corrected chi connectivity index (χ2v) is 4.77. The zero-order valence-corrected chi connectivity index (χ0v) is 11.6. The molecule has 0 spiro atoms. The molecule has 0 aliphatic carbocycles. The molecule has 8 heteroatoms. The van der Waals surface area contributed by atoms with Gasteiger partial charge in [-0.2, -0.15) is 0 Å². The number of likely N-dealkylation sites (tertiary alicyclic amines) is 1. The molecule has 8 nitrogen and oxygen atoms in total. The van der Waals surface area contributed by atoms with E-state index in [2.05, 4.69) is 5.32 Å². The van der Waals surface area contributed by atoms with Gasteiger partial charge in [-0.15, -0.1) is 0 Å². The largest absolute Gasteiger partial charge is 0.450 e. The van der Waals surface area contributed by atoms with Crippen molar-refractivity contribution in [2.75, 3.05) is 19.7 Å². The number of rotatable bonds is 5. The minimum absolute atomic E-state index is 0.160. The number of hydrogen-bond acceptors (Lipinski definition) is 5. The third-order valence-electron chi connectivity index (χ3n) is 3.07. The van der Waals surface area contributed by atoms with Crippen molar-refractivity contribution < 1.29 is 19.1 Å². The summed E-state index contributed by atoms with van der Waals surface area (Å²) in [4.78, 5) is 35.7. The highest BCUT2D eigenvalue weighted by Crippen LogP contribution is 2.12. The first-order valence-electron chi connectivity index (χ1n) is 6.70. The number of ether oxygens (including phenoxy) is 1. The van der Waals surface area contributed by atoms with Gasteiger partial charge in [0, 0.05) is 19.1 Å². The maximum Gasteiger partial charge on any atom is 0.407 e. The van der Waals surface area contributed by atoms with E-state index >= 15 is 0 Å². The first kappa shape index (κ1) is 16.2. The average Bonchev–Trinajstić information content (AvgIpc) is 2.37. The Hall–Kier alpha value is -1.83. The molecule has 2 unspecified atom stereocenters. The molecule has 1 saturated heterocycles. The van der Waals surface area contributed by atoms with Crippen LogP contribution in [-0.4, -0.2) is 54.6 Å². The number of nitrogens with two attached hydrogens (primary N) is 2. The van der Waals surface area contributed by atoms with Crippen molar-refractivity contribution in [3.05, 3.63) is 0 Å². The molecule has 20 heavy (non-hydrogen) atoms. The zero-order chi connectivity index (χ0) is 15.1. The molecule has 1 aliphatic heterocycles. The van der Waals surface area contributed by atoms with Crippen molar-refractivity contribution in [1.29, 1.82) is 0 Å². The molecule has 0 radical (unpaired) electrons. The molecular weight excluding hydrogens is 264 g/mol. The minimum Gasteiger partial charge on any atom is -0.450 e. The first-order chi connectivity index (χ1) is 9.43. The molecule has 3 amide bonds. The Morgan fingerprint density at radius 3 is 2.75 bits per heavy atom. The van der Waals surface area contributed by atoms with Gasteiger partial charge >= 0.3 is 6.09 Å². The van der Waals surface area contributed by atoms with Crippen LogP contribution in [0.15, 0.2) is 0 Å². The van der Waals surface area contributed by atoms with Crippen LogP contribution in [0.4, 0.5) is 4.79 Å². The van der Waals surface area contributed by atoms with Gasteiger partial charge in [-0.05, 0) is 19.8 Å². The van der Waals surface area contributed by atoms with E-state index in [9.17, 15) is 14.4 Å².